The molecule has 0 aromatic carbocycles. The Bertz CT molecular complexity index is 1580. The lowest BCUT2D eigenvalue weighted by atomic mass is 9.89. The summed E-state index contributed by atoms with van der Waals surface area (Å²) in [5.41, 5.74) is -3.57. The second-order valence-electron chi connectivity index (χ2n) is 18.8. The van der Waals surface area contributed by atoms with E-state index in [1.54, 1.807) is 34.6 Å². The smallest absolute Gasteiger partial charge is 0.351 e. The summed E-state index contributed by atoms with van der Waals surface area (Å²) in [5.74, 6) is -2.72. The number of ether oxygens (including phenoxy) is 8. The van der Waals surface area contributed by atoms with Gasteiger partial charge in [-0.2, -0.15) is 0 Å². The number of hydrogen-bond acceptors (Lipinski definition) is 16. The van der Waals surface area contributed by atoms with Gasteiger partial charge >= 0.3 is 47.8 Å². The van der Waals surface area contributed by atoms with Crippen LogP contribution >= 0.6 is 0 Å². The summed E-state index contributed by atoms with van der Waals surface area (Å²) in [4.78, 5) is 91.4. The van der Waals surface area contributed by atoms with Gasteiger partial charge in [0.25, 0.3) is 0 Å². The molecule has 350 valence electrons. The van der Waals surface area contributed by atoms with E-state index in [9.17, 15) is 38.4 Å². The monoisotopic (exact) mass is 870 g/mol. The lowest BCUT2D eigenvalue weighted by Gasteiger charge is -2.27. The van der Waals surface area contributed by atoms with Gasteiger partial charge in [0.1, 0.15) is 36.1 Å². The zero-order valence-electron chi connectivity index (χ0n) is 39.7. The van der Waals surface area contributed by atoms with E-state index in [0.717, 1.165) is 12.8 Å². The molecule has 4 rings (SSSR count). The van der Waals surface area contributed by atoms with Crippen LogP contribution in [0.15, 0.2) is 0 Å². The van der Waals surface area contributed by atoms with Crippen molar-refractivity contribution in [2.45, 2.75) is 216 Å². The molecule has 4 saturated heterocycles. The van der Waals surface area contributed by atoms with Gasteiger partial charge in [-0.3, -0.25) is 33.6 Å². The molecule has 61 heavy (non-hydrogen) atoms. The fourth-order valence-electron chi connectivity index (χ4n) is 5.73. The second kappa shape index (κ2) is 22.2. The molecule has 0 radical (unpaired) electrons. The van der Waals surface area contributed by atoms with Crippen molar-refractivity contribution in [1.29, 1.82) is 0 Å². The standard InChI is InChI=1S/C13H22O4.2C11H18O4.C10H16O4/c1-7-11(2,3)9(14)17-13(6)8-12(4,5)16-10(13)15;1-5-11(3,4)10(13)15-8-6-9(12)14-7(8)2;1-5-7(2)10(13)15-11(4)6-9(12)14-8(11)3;1-4-6(2)10(12)14-8-5-9(11)13-7(8)3/h7-8H2,1-6H3;2*7-8H,5-6H2,1-4H3;6-8H,4-5H2,1-3H3. The number of hydrogen-bond donors (Lipinski definition) is 0. The van der Waals surface area contributed by atoms with Crippen LogP contribution in [0.4, 0.5) is 0 Å². The third-order valence-corrected chi connectivity index (χ3v) is 11.7. The van der Waals surface area contributed by atoms with Gasteiger partial charge in [-0.05, 0) is 102 Å². The molecule has 4 heterocycles. The number of rotatable bonds is 12. The molecule has 0 aromatic heterocycles. The van der Waals surface area contributed by atoms with E-state index < -0.39 is 45.8 Å². The largest absolute Gasteiger partial charge is 0.459 e. The minimum absolute atomic E-state index is 0.113. The fourth-order valence-corrected chi connectivity index (χ4v) is 5.73. The predicted molar refractivity (Wildman–Crippen MR) is 221 cm³/mol. The van der Waals surface area contributed by atoms with Crippen LogP contribution in [0.3, 0.4) is 0 Å². The van der Waals surface area contributed by atoms with E-state index in [1.165, 1.54) is 0 Å². The molecule has 16 heteroatoms. The van der Waals surface area contributed by atoms with E-state index in [-0.39, 0.29) is 91.2 Å². The molecule has 0 amide bonds. The quantitative estimate of drug-likeness (QED) is 0.142. The Morgan fingerprint density at radius 3 is 1.46 bits per heavy atom. The average molecular weight is 871 g/mol. The summed E-state index contributed by atoms with van der Waals surface area (Å²) in [6.45, 7) is 30.8. The summed E-state index contributed by atoms with van der Waals surface area (Å²) in [6, 6.07) is 0. The predicted octanol–water partition coefficient (Wildman–Crippen LogP) is 7.07. The van der Waals surface area contributed by atoms with Gasteiger partial charge < -0.3 is 37.9 Å². The Kier molecular flexibility index (Phi) is 19.9. The lowest BCUT2D eigenvalue weighted by Crippen LogP contribution is -2.41. The van der Waals surface area contributed by atoms with Crippen molar-refractivity contribution in [3.63, 3.8) is 0 Å². The van der Waals surface area contributed by atoms with Crippen molar-refractivity contribution in [3.8, 4) is 0 Å². The zero-order valence-corrected chi connectivity index (χ0v) is 39.7. The van der Waals surface area contributed by atoms with E-state index in [4.69, 9.17) is 37.9 Å². The summed E-state index contributed by atoms with van der Waals surface area (Å²) < 4.78 is 41.1. The van der Waals surface area contributed by atoms with Crippen LogP contribution in [0.25, 0.3) is 0 Å². The number of esters is 8. The van der Waals surface area contributed by atoms with Crippen molar-refractivity contribution >= 4 is 47.8 Å². The van der Waals surface area contributed by atoms with Gasteiger partial charge in [-0.1, -0.05) is 41.5 Å². The van der Waals surface area contributed by atoms with Crippen molar-refractivity contribution in [2.75, 3.05) is 0 Å². The fraction of sp³-hybridized carbons (Fsp3) is 0.822. The highest BCUT2D eigenvalue weighted by Crippen LogP contribution is 2.38. The highest BCUT2D eigenvalue weighted by atomic mass is 16.6. The highest BCUT2D eigenvalue weighted by Gasteiger charge is 2.53. The Morgan fingerprint density at radius 1 is 0.656 bits per heavy atom. The first-order chi connectivity index (χ1) is 27.8. The minimum Gasteiger partial charge on any atom is -0.459 e. The number of carbonyl (C=O) groups excluding carboxylic acids is 8. The van der Waals surface area contributed by atoms with Gasteiger partial charge in [0.15, 0.2) is 5.60 Å². The number of carbonyl (C=O) groups is 8. The van der Waals surface area contributed by atoms with Crippen LogP contribution < -0.4 is 0 Å². The lowest BCUT2D eigenvalue weighted by molar-refractivity contribution is -0.178. The summed E-state index contributed by atoms with van der Waals surface area (Å²) in [5, 5.41) is 0. The molecule has 0 spiro atoms. The van der Waals surface area contributed by atoms with Gasteiger partial charge in [0.2, 0.25) is 5.60 Å². The Morgan fingerprint density at radius 2 is 1.10 bits per heavy atom. The topological polar surface area (TPSA) is 210 Å². The van der Waals surface area contributed by atoms with E-state index >= 15 is 0 Å². The summed E-state index contributed by atoms with van der Waals surface area (Å²) in [7, 11) is 0. The SMILES string of the molecule is CCC(C)(C)C(=O)OC1(C)CC(C)(C)OC1=O.CCC(C)(C)C(=O)OC1CC(=O)OC1C.CCC(C)C(=O)OC1(C)CC(=O)OC1C.CCC(C)C(=O)OC1CC(=O)OC1C. The third-order valence-electron chi connectivity index (χ3n) is 11.7. The van der Waals surface area contributed by atoms with Gasteiger partial charge in [-0.25, -0.2) is 4.79 Å². The minimum atomic E-state index is -1.15. The maximum atomic E-state index is 12.0. The number of cyclic esters (lactones) is 4. The highest BCUT2D eigenvalue weighted by molar-refractivity contribution is 5.86. The van der Waals surface area contributed by atoms with Crippen LogP contribution in [0.1, 0.15) is 169 Å². The molecule has 4 fully saturated rings. The van der Waals surface area contributed by atoms with Crippen molar-refractivity contribution in [1.82, 2.24) is 0 Å². The van der Waals surface area contributed by atoms with Crippen LogP contribution in [-0.4, -0.2) is 95.1 Å². The molecule has 9 unspecified atom stereocenters. The van der Waals surface area contributed by atoms with E-state index in [0.29, 0.717) is 19.3 Å². The normalized spacial score (nSPS) is 28.6. The maximum Gasteiger partial charge on any atom is 0.351 e. The maximum absolute atomic E-state index is 12.0. The molecule has 4 aliphatic rings. The first-order valence-corrected chi connectivity index (χ1v) is 21.5. The van der Waals surface area contributed by atoms with Crippen molar-refractivity contribution in [2.24, 2.45) is 22.7 Å². The van der Waals surface area contributed by atoms with Crippen molar-refractivity contribution in [3.05, 3.63) is 0 Å². The Balaban J connectivity index is 0.000000408. The Hall–Kier alpha value is -4.24. The molecule has 4 aliphatic heterocycles. The second-order valence-corrected chi connectivity index (χ2v) is 18.8. The molecular formula is C45H74O16. The molecule has 0 aliphatic carbocycles. The Labute approximate surface area is 362 Å². The molecule has 16 nitrogen and oxygen atoms in total. The molecule has 0 N–H and O–H groups in total. The first kappa shape index (κ1) is 54.8. The molecule has 0 bridgehead atoms. The average Bonchev–Trinajstić information content (AvgIpc) is 3.81. The van der Waals surface area contributed by atoms with Crippen molar-refractivity contribution < 1.29 is 76.3 Å². The van der Waals surface area contributed by atoms with Gasteiger partial charge in [0, 0.05) is 6.42 Å². The van der Waals surface area contributed by atoms with E-state index in [1.807, 2.05) is 83.1 Å². The molecular weight excluding hydrogens is 796 g/mol. The summed E-state index contributed by atoms with van der Waals surface area (Å²) >= 11 is 0. The van der Waals surface area contributed by atoms with Crippen LogP contribution in [0, 0.1) is 22.7 Å². The van der Waals surface area contributed by atoms with Gasteiger partial charge in [0.05, 0.1) is 41.9 Å². The molecule has 9 atom stereocenters. The summed E-state index contributed by atoms with van der Waals surface area (Å²) in [6.07, 6.45) is 1.94. The van der Waals surface area contributed by atoms with Crippen LogP contribution in [-0.2, 0) is 76.3 Å². The third kappa shape index (κ3) is 16.2. The zero-order chi connectivity index (χ0) is 47.5. The molecule has 0 saturated carbocycles. The van der Waals surface area contributed by atoms with Crippen LogP contribution in [0.5, 0.6) is 0 Å². The van der Waals surface area contributed by atoms with Crippen LogP contribution in [0.2, 0.25) is 0 Å². The van der Waals surface area contributed by atoms with E-state index in [2.05, 4.69) is 0 Å². The first-order valence-electron chi connectivity index (χ1n) is 21.5. The van der Waals surface area contributed by atoms with Gasteiger partial charge in [-0.15, -0.1) is 0 Å². The molecule has 0 aromatic rings.